The number of urea groups is 1. The van der Waals surface area contributed by atoms with Crippen LogP contribution in [0.5, 0.6) is 0 Å². The van der Waals surface area contributed by atoms with E-state index in [4.69, 9.17) is 20.9 Å². The quantitative estimate of drug-likeness (QED) is 0.0354. The van der Waals surface area contributed by atoms with Crippen LogP contribution in [0.4, 0.5) is 9.59 Å². The molecule has 20 heteroatoms. The molecule has 8 atom stereocenters. The Morgan fingerprint density at radius 3 is 2.74 bits per heavy atom. The van der Waals surface area contributed by atoms with Crippen molar-refractivity contribution in [2.45, 2.75) is 107 Å². The van der Waals surface area contributed by atoms with Crippen molar-refractivity contribution in [2.24, 2.45) is 22.4 Å². The third kappa shape index (κ3) is 11.1. The second-order valence-electron chi connectivity index (χ2n) is 12.5. The normalized spacial score (nSPS) is 25.2. The molecule has 0 aliphatic carbocycles. The summed E-state index contributed by atoms with van der Waals surface area (Å²) in [6, 6.07) is -0.536. The number of carbonyl (C=O) groups is 4. The van der Waals surface area contributed by atoms with Crippen molar-refractivity contribution in [3.8, 4) is 0 Å². The molecule has 278 valence electrons. The zero-order valence-corrected chi connectivity index (χ0v) is 28.7. The molecule has 1 aromatic heterocycles. The smallest absolute Gasteiger partial charge is 0.407 e. The van der Waals surface area contributed by atoms with Gasteiger partial charge in [-0.3, -0.25) is 9.48 Å². The van der Waals surface area contributed by atoms with Gasteiger partial charge in [0.1, 0.15) is 17.9 Å². The molecular weight excluding hydrogens is 676 g/mol. The SMILES string of the molecule is C[C@H]1[C@H]([C@H](OC(=O)NCc2cn(CCCCCNC(=O)CCCCC3SC[C@@H]4NC(=O)N[C@H]34)nn2)[C@H](O)CO)OC(C(=O)O)=C[C@@H]1N=C(N)N. The Labute approximate surface area is 293 Å². The Hall–Kier alpha value is -4.30. The van der Waals surface area contributed by atoms with Crippen LogP contribution in [0.3, 0.4) is 0 Å². The number of guanidine groups is 1. The van der Waals surface area contributed by atoms with Crippen molar-refractivity contribution in [2.75, 3.05) is 18.9 Å². The molecule has 0 radical (unpaired) electrons. The monoisotopic (exact) mass is 724 g/mol. The van der Waals surface area contributed by atoms with Crippen LogP contribution in [0, 0.1) is 5.92 Å². The average Bonchev–Trinajstić information content (AvgIpc) is 3.79. The highest BCUT2D eigenvalue weighted by Gasteiger charge is 2.44. The number of carboxylic acid groups (broad SMARTS) is 1. The number of aliphatic hydroxyl groups is 2. The first-order valence-electron chi connectivity index (χ1n) is 16.7. The lowest BCUT2D eigenvalue weighted by Gasteiger charge is -2.38. The van der Waals surface area contributed by atoms with Crippen LogP contribution >= 0.6 is 11.8 Å². The number of aliphatic hydroxyl groups excluding tert-OH is 2. The fraction of sp³-hybridized carbons (Fsp3) is 0.700. The Morgan fingerprint density at radius 2 is 2.00 bits per heavy atom. The van der Waals surface area contributed by atoms with E-state index in [0.29, 0.717) is 30.5 Å². The maximum Gasteiger partial charge on any atom is 0.407 e. The van der Waals surface area contributed by atoms with Crippen molar-refractivity contribution >= 4 is 41.7 Å². The predicted molar refractivity (Wildman–Crippen MR) is 180 cm³/mol. The molecule has 4 rings (SSSR count). The van der Waals surface area contributed by atoms with Gasteiger partial charge in [-0.1, -0.05) is 18.6 Å². The fourth-order valence-corrected chi connectivity index (χ4v) is 7.64. The zero-order chi connectivity index (χ0) is 36.2. The summed E-state index contributed by atoms with van der Waals surface area (Å²) in [5.41, 5.74) is 11.4. The van der Waals surface area contributed by atoms with Crippen molar-refractivity contribution in [1.82, 2.24) is 36.3 Å². The molecule has 4 amide bonds. The summed E-state index contributed by atoms with van der Waals surface area (Å²) in [7, 11) is 0. The molecule has 2 fully saturated rings. The van der Waals surface area contributed by atoms with Gasteiger partial charge in [0, 0.05) is 36.4 Å². The summed E-state index contributed by atoms with van der Waals surface area (Å²) in [4.78, 5) is 52.1. The lowest BCUT2D eigenvalue weighted by molar-refractivity contribution is -0.147. The Morgan fingerprint density at radius 1 is 1.20 bits per heavy atom. The van der Waals surface area contributed by atoms with E-state index in [1.54, 1.807) is 17.8 Å². The van der Waals surface area contributed by atoms with Crippen molar-refractivity contribution in [1.29, 1.82) is 0 Å². The first-order valence-corrected chi connectivity index (χ1v) is 17.8. The standard InChI is InChI=1S/C30H48N10O9S/c1-16-18(35-28(31)32)11-21(27(44)45)48-25(16)26(20(42)14-41)49-30(47)34-12-17-13-40(39-38-17)10-6-2-5-9-33-23(43)8-4-3-7-22-24-19(15-50-22)36-29(46)37-24/h11,13,16,18-20,22,24-26,41-42H,2-10,12,14-15H2,1H3,(H,33,43)(H,34,47)(H,44,45)(H4,31,32,35)(H2,36,37,46)/t16-,18+,19+,20-,22?,24+,25-,26-/m1/s1. The lowest BCUT2D eigenvalue weighted by atomic mass is 9.87. The number of ether oxygens (including phenoxy) is 2. The van der Waals surface area contributed by atoms with Gasteiger partial charge in [0.25, 0.3) is 0 Å². The van der Waals surface area contributed by atoms with Gasteiger partial charge in [-0.2, -0.15) is 11.8 Å². The number of thioether (sulfide) groups is 1. The molecule has 3 aliphatic rings. The van der Waals surface area contributed by atoms with Gasteiger partial charge in [-0.15, -0.1) is 5.10 Å². The zero-order valence-electron chi connectivity index (χ0n) is 27.9. The van der Waals surface area contributed by atoms with Gasteiger partial charge in [0.05, 0.1) is 37.5 Å². The third-order valence-electron chi connectivity index (χ3n) is 8.75. The number of carboxylic acids is 1. The van der Waals surface area contributed by atoms with E-state index in [-0.39, 0.29) is 36.5 Å². The van der Waals surface area contributed by atoms with Gasteiger partial charge in [0.15, 0.2) is 12.1 Å². The maximum absolute atomic E-state index is 12.7. The first kappa shape index (κ1) is 38.5. The number of aliphatic carboxylic acids is 1. The molecule has 0 bridgehead atoms. The first-order chi connectivity index (χ1) is 23.9. The molecule has 1 aromatic rings. The second-order valence-corrected chi connectivity index (χ2v) is 13.8. The third-order valence-corrected chi connectivity index (χ3v) is 10.3. The Balaban J connectivity index is 1.10. The van der Waals surface area contributed by atoms with E-state index >= 15 is 0 Å². The van der Waals surface area contributed by atoms with E-state index in [1.165, 1.54) is 6.08 Å². The van der Waals surface area contributed by atoms with E-state index < -0.39 is 54.7 Å². The minimum Gasteiger partial charge on any atom is -0.479 e. The van der Waals surface area contributed by atoms with E-state index in [9.17, 15) is 34.5 Å². The molecule has 2 saturated heterocycles. The highest BCUT2D eigenvalue weighted by Crippen LogP contribution is 2.33. The molecular formula is C30H48N10O9S. The minimum absolute atomic E-state index is 0.0414. The van der Waals surface area contributed by atoms with Crippen LogP contribution in [-0.2, 0) is 32.2 Å². The summed E-state index contributed by atoms with van der Waals surface area (Å²) in [6.45, 7) is 1.94. The molecule has 3 aliphatic heterocycles. The molecule has 4 heterocycles. The molecule has 0 spiro atoms. The van der Waals surface area contributed by atoms with E-state index in [2.05, 4.69) is 36.6 Å². The Bertz CT molecular complexity index is 1390. The summed E-state index contributed by atoms with van der Waals surface area (Å²) in [5.74, 6) is -1.89. The number of rotatable bonds is 19. The number of hydrogen-bond acceptors (Lipinski definition) is 12. The van der Waals surface area contributed by atoms with Gasteiger partial charge < -0.3 is 57.5 Å². The number of aryl methyl sites for hydroxylation is 1. The number of aromatic nitrogens is 3. The van der Waals surface area contributed by atoms with Crippen LogP contribution in [0.25, 0.3) is 0 Å². The number of carbonyl (C=O) groups excluding carboxylic acids is 3. The fourth-order valence-electron chi connectivity index (χ4n) is 6.10. The largest absolute Gasteiger partial charge is 0.479 e. The predicted octanol–water partition coefficient (Wildman–Crippen LogP) is -1.12. The molecule has 19 nitrogen and oxygen atoms in total. The lowest BCUT2D eigenvalue weighted by Crippen LogP contribution is -2.52. The number of fused-ring (bicyclic) bond motifs is 1. The van der Waals surface area contributed by atoms with Crippen LogP contribution < -0.4 is 32.7 Å². The topological polar surface area (TPSA) is 291 Å². The Kier molecular flexibility index (Phi) is 14.3. The number of aliphatic imine (C=N–C) groups is 1. The van der Waals surface area contributed by atoms with Crippen molar-refractivity contribution in [3.63, 3.8) is 0 Å². The highest BCUT2D eigenvalue weighted by atomic mass is 32.2. The second kappa shape index (κ2) is 18.6. The maximum atomic E-state index is 12.7. The van der Waals surface area contributed by atoms with E-state index in [1.807, 2.05) is 11.8 Å². The van der Waals surface area contributed by atoms with Crippen LogP contribution in [0.15, 0.2) is 23.0 Å². The number of amides is 4. The number of alkyl carbamates (subject to hydrolysis) is 1. The summed E-state index contributed by atoms with van der Waals surface area (Å²) >= 11 is 1.88. The number of hydrogen-bond donors (Lipinski definition) is 9. The molecule has 0 saturated carbocycles. The van der Waals surface area contributed by atoms with Gasteiger partial charge >= 0.3 is 18.1 Å². The van der Waals surface area contributed by atoms with Crippen LogP contribution in [0.2, 0.25) is 0 Å². The van der Waals surface area contributed by atoms with Crippen molar-refractivity contribution in [3.05, 3.63) is 23.7 Å². The molecule has 1 unspecified atom stereocenters. The summed E-state index contributed by atoms with van der Waals surface area (Å²) in [6.07, 6.45) is 3.31. The highest BCUT2D eigenvalue weighted by molar-refractivity contribution is 8.00. The van der Waals surface area contributed by atoms with Gasteiger partial charge in [0.2, 0.25) is 11.7 Å². The molecule has 11 N–H and O–H groups in total. The summed E-state index contributed by atoms with van der Waals surface area (Å²) in [5, 5.41) is 49.5. The molecule has 0 aromatic carbocycles. The van der Waals surface area contributed by atoms with Gasteiger partial charge in [-0.25, -0.2) is 19.4 Å². The molecule has 50 heavy (non-hydrogen) atoms. The average molecular weight is 725 g/mol. The number of nitrogens with zero attached hydrogens (tertiary/aromatic N) is 4. The van der Waals surface area contributed by atoms with E-state index in [0.717, 1.165) is 44.3 Å². The number of nitrogens with two attached hydrogens (primary N) is 2. The van der Waals surface area contributed by atoms with Crippen LogP contribution in [-0.4, -0.2) is 121 Å². The number of nitrogens with one attached hydrogen (secondary N) is 4. The summed E-state index contributed by atoms with van der Waals surface area (Å²) < 4.78 is 12.6. The van der Waals surface area contributed by atoms with Crippen molar-refractivity contribution < 1.29 is 44.0 Å². The number of unbranched alkanes of at least 4 members (excludes halogenated alkanes) is 3. The van der Waals surface area contributed by atoms with Crippen LogP contribution in [0.1, 0.15) is 57.6 Å². The minimum atomic E-state index is -1.60. The van der Waals surface area contributed by atoms with Gasteiger partial charge in [-0.05, 0) is 38.2 Å².